The van der Waals surface area contributed by atoms with Crippen molar-refractivity contribution in [3.63, 3.8) is 0 Å². The predicted molar refractivity (Wildman–Crippen MR) is 108 cm³/mol. The van der Waals surface area contributed by atoms with Gasteiger partial charge in [0.25, 0.3) is 0 Å². The van der Waals surface area contributed by atoms with Crippen LogP contribution in [-0.2, 0) is 11.2 Å². The summed E-state index contributed by atoms with van der Waals surface area (Å²) in [6.45, 7) is 2.90. The van der Waals surface area contributed by atoms with Crippen LogP contribution in [0.15, 0.2) is 40.9 Å². The molecule has 0 bridgehead atoms. The molecule has 2 N–H and O–H groups in total. The van der Waals surface area contributed by atoms with Crippen molar-refractivity contribution in [3.05, 3.63) is 42.4 Å². The highest BCUT2D eigenvalue weighted by Gasteiger charge is 2.14. The van der Waals surface area contributed by atoms with Gasteiger partial charge >= 0.3 is 0 Å². The van der Waals surface area contributed by atoms with Crippen molar-refractivity contribution in [2.45, 2.75) is 32.1 Å². The van der Waals surface area contributed by atoms with Crippen LogP contribution in [0.4, 0.5) is 0 Å². The number of piperidine rings is 1. The van der Waals surface area contributed by atoms with Crippen LogP contribution in [0.3, 0.4) is 0 Å². The monoisotopic (exact) mass is 399 g/mol. The molecule has 2 aromatic rings. The van der Waals surface area contributed by atoms with Crippen LogP contribution in [0.5, 0.6) is 0 Å². The highest BCUT2D eigenvalue weighted by Crippen LogP contribution is 2.20. The van der Waals surface area contributed by atoms with Crippen LogP contribution in [0.2, 0.25) is 0 Å². The maximum absolute atomic E-state index is 11.9. The van der Waals surface area contributed by atoms with E-state index in [0.717, 1.165) is 37.4 Å². The second-order valence-corrected chi connectivity index (χ2v) is 6.35. The molecule has 2 heterocycles. The van der Waals surface area contributed by atoms with Gasteiger partial charge < -0.3 is 15.1 Å². The van der Waals surface area contributed by atoms with Gasteiger partial charge in [0.1, 0.15) is 0 Å². The van der Waals surface area contributed by atoms with Crippen molar-refractivity contribution < 1.29 is 9.21 Å². The van der Waals surface area contributed by atoms with Crippen LogP contribution in [0.1, 0.15) is 31.6 Å². The fourth-order valence-electron chi connectivity index (χ4n) is 3.01. The zero-order valence-electron chi connectivity index (χ0n) is 14.8. The van der Waals surface area contributed by atoms with Gasteiger partial charge in [0.05, 0.1) is 6.20 Å². The van der Waals surface area contributed by atoms with E-state index in [1.807, 2.05) is 30.3 Å². The van der Waals surface area contributed by atoms with Gasteiger partial charge in [0.15, 0.2) is 11.7 Å². The minimum absolute atomic E-state index is 0. The Bertz CT molecular complexity index is 643. The first-order valence-corrected chi connectivity index (χ1v) is 8.79. The van der Waals surface area contributed by atoms with Gasteiger partial charge in [-0.15, -0.1) is 24.8 Å². The molecule has 1 amide bonds. The summed E-state index contributed by atoms with van der Waals surface area (Å²) in [6.07, 6.45) is 6.11. The summed E-state index contributed by atoms with van der Waals surface area (Å²) >= 11 is 0. The number of rotatable bonds is 7. The average molecular weight is 400 g/mol. The molecule has 1 aromatic heterocycles. The van der Waals surface area contributed by atoms with E-state index < -0.39 is 0 Å². The number of carbonyl (C=O) groups is 1. The number of hydrogen-bond acceptors (Lipinski definition) is 4. The molecule has 1 aliphatic rings. The van der Waals surface area contributed by atoms with Crippen molar-refractivity contribution in [2.75, 3.05) is 19.6 Å². The summed E-state index contributed by atoms with van der Waals surface area (Å²) in [5, 5.41) is 6.41. The largest absolute Gasteiger partial charge is 0.441 e. The molecule has 144 valence electrons. The summed E-state index contributed by atoms with van der Waals surface area (Å²) in [5.41, 5.74) is 1.02. The van der Waals surface area contributed by atoms with Crippen LogP contribution in [-0.4, -0.2) is 30.5 Å². The van der Waals surface area contributed by atoms with Gasteiger partial charge in [-0.25, -0.2) is 4.98 Å². The minimum atomic E-state index is 0. The van der Waals surface area contributed by atoms with E-state index in [1.54, 1.807) is 6.20 Å². The molecule has 1 aromatic carbocycles. The fraction of sp³-hybridized carbons (Fsp3) is 0.474. The van der Waals surface area contributed by atoms with Crippen molar-refractivity contribution >= 4 is 30.7 Å². The summed E-state index contributed by atoms with van der Waals surface area (Å²) in [5.74, 6) is 2.16. The van der Waals surface area contributed by atoms with Crippen LogP contribution in [0, 0.1) is 5.92 Å². The number of aryl methyl sites for hydroxylation is 1. The Morgan fingerprint density at radius 3 is 2.81 bits per heavy atom. The smallest absolute Gasteiger partial charge is 0.220 e. The molecular weight excluding hydrogens is 373 g/mol. The third-order valence-electron chi connectivity index (χ3n) is 4.39. The van der Waals surface area contributed by atoms with Crippen molar-refractivity contribution in [2.24, 2.45) is 5.92 Å². The Hall–Kier alpha value is -1.56. The van der Waals surface area contributed by atoms with Crippen LogP contribution in [0.25, 0.3) is 11.3 Å². The van der Waals surface area contributed by atoms with E-state index in [1.165, 1.54) is 12.8 Å². The molecule has 0 aliphatic carbocycles. The maximum atomic E-state index is 11.9. The topological polar surface area (TPSA) is 67.2 Å². The Morgan fingerprint density at radius 1 is 1.27 bits per heavy atom. The van der Waals surface area contributed by atoms with E-state index in [2.05, 4.69) is 15.6 Å². The highest BCUT2D eigenvalue weighted by molar-refractivity contribution is 5.85. The number of aromatic nitrogens is 1. The molecule has 1 saturated heterocycles. The molecule has 5 nitrogen and oxygen atoms in total. The summed E-state index contributed by atoms with van der Waals surface area (Å²) in [6, 6.07) is 9.92. The summed E-state index contributed by atoms with van der Waals surface area (Å²) in [4.78, 5) is 16.2. The van der Waals surface area contributed by atoms with E-state index in [9.17, 15) is 4.79 Å². The standard InChI is InChI=1S/C19H25N3O2.2ClH/c23-18(21-13-15-6-5-11-20-12-15)9-4-10-19-22-14-17(24-19)16-7-2-1-3-8-16;;/h1-3,7-8,14-15,20H,4-6,9-13H2,(H,21,23);2*1H. The van der Waals surface area contributed by atoms with Crippen molar-refractivity contribution in [3.8, 4) is 11.3 Å². The van der Waals surface area contributed by atoms with Gasteiger partial charge in [-0.1, -0.05) is 30.3 Å². The Kier molecular flexibility index (Phi) is 10.3. The lowest BCUT2D eigenvalue weighted by Crippen LogP contribution is -2.38. The maximum Gasteiger partial charge on any atom is 0.220 e. The van der Waals surface area contributed by atoms with Gasteiger partial charge in [-0.3, -0.25) is 4.79 Å². The number of benzene rings is 1. The third-order valence-corrected chi connectivity index (χ3v) is 4.39. The van der Waals surface area contributed by atoms with Gasteiger partial charge in [-0.05, 0) is 38.3 Å². The number of oxazole rings is 1. The van der Waals surface area contributed by atoms with E-state index >= 15 is 0 Å². The minimum Gasteiger partial charge on any atom is -0.441 e. The van der Waals surface area contributed by atoms with Gasteiger partial charge in [-0.2, -0.15) is 0 Å². The lowest BCUT2D eigenvalue weighted by Gasteiger charge is -2.22. The first-order chi connectivity index (χ1) is 11.8. The predicted octanol–water partition coefficient (Wildman–Crippen LogP) is 3.62. The number of carbonyl (C=O) groups excluding carboxylic acids is 1. The van der Waals surface area contributed by atoms with Gasteiger partial charge in [0.2, 0.25) is 5.91 Å². The van der Waals surface area contributed by atoms with E-state index in [-0.39, 0.29) is 30.7 Å². The van der Waals surface area contributed by atoms with Gasteiger partial charge in [0, 0.05) is 24.9 Å². The number of halogens is 2. The SMILES string of the molecule is Cl.Cl.O=C(CCCc1ncc(-c2ccccc2)o1)NCC1CCCNC1. The first-order valence-electron chi connectivity index (χ1n) is 8.79. The molecular formula is C19H27Cl2N3O2. The van der Waals surface area contributed by atoms with E-state index in [0.29, 0.717) is 24.7 Å². The number of amides is 1. The van der Waals surface area contributed by atoms with E-state index in [4.69, 9.17) is 4.42 Å². The fourth-order valence-corrected chi connectivity index (χ4v) is 3.01. The molecule has 1 unspecified atom stereocenters. The molecule has 1 fully saturated rings. The Labute approximate surface area is 167 Å². The van der Waals surface area contributed by atoms with Crippen molar-refractivity contribution in [1.82, 2.24) is 15.6 Å². The normalized spacial score (nSPS) is 16.2. The second-order valence-electron chi connectivity index (χ2n) is 6.35. The molecule has 0 radical (unpaired) electrons. The summed E-state index contributed by atoms with van der Waals surface area (Å²) < 4.78 is 5.76. The first kappa shape index (κ1) is 22.5. The quantitative estimate of drug-likeness (QED) is 0.745. The summed E-state index contributed by atoms with van der Waals surface area (Å²) in [7, 11) is 0. The molecule has 1 atom stereocenters. The number of nitrogens with one attached hydrogen (secondary N) is 2. The van der Waals surface area contributed by atoms with Crippen molar-refractivity contribution in [1.29, 1.82) is 0 Å². The molecule has 3 rings (SSSR count). The third kappa shape index (κ3) is 6.98. The molecule has 0 saturated carbocycles. The lowest BCUT2D eigenvalue weighted by atomic mass is 10.00. The Morgan fingerprint density at radius 2 is 2.08 bits per heavy atom. The molecule has 7 heteroatoms. The number of hydrogen-bond donors (Lipinski definition) is 2. The average Bonchev–Trinajstić information content (AvgIpc) is 3.11. The highest BCUT2D eigenvalue weighted by atomic mass is 35.5. The van der Waals surface area contributed by atoms with Crippen LogP contribution < -0.4 is 10.6 Å². The molecule has 26 heavy (non-hydrogen) atoms. The second kappa shape index (κ2) is 11.9. The Balaban J connectivity index is 0.00000169. The zero-order chi connectivity index (χ0) is 16.6. The number of nitrogens with zero attached hydrogens (tertiary/aromatic N) is 1. The molecule has 0 spiro atoms. The molecule has 1 aliphatic heterocycles. The van der Waals surface area contributed by atoms with Crippen LogP contribution >= 0.6 is 24.8 Å². The lowest BCUT2D eigenvalue weighted by molar-refractivity contribution is -0.121. The zero-order valence-corrected chi connectivity index (χ0v) is 16.4.